The van der Waals surface area contributed by atoms with E-state index in [2.05, 4.69) is 4.99 Å². The number of nitrogens with zero attached hydrogens (tertiary/aromatic N) is 2. The third kappa shape index (κ3) is 2.30. The van der Waals surface area contributed by atoms with Crippen LogP contribution in [-0.2, 0) is 9.84 Å². The Morgan fingerprint density at radius 3 is 2.67 bits per heavy atom. The van der Waals surface area contributed by atoms with E-state index in [1.165, 1.54) is 6.26 Å². The fourth-order valence-electron chi connectivity index (χ4n) is 3.64. The van der Waals surface area contributed by atoms with E-state index in [4.69, 9.17) is 17.3 Å². The zero-order valence-corrected chi connectivity index (χ0v) is 13.4. The molecule has 0 radical (unpaired) electrons. The van der Waals surface area contributed by atoms with Crippen molar-refractivity contribution in [1.29, 1.82) is 0 Å². The van der Waals surface area contributed by atoms with Gasteiger partial charge < -0.3 is 10.6 Å². The molecule has 2 atom stereocenters. The van der Waals surface area contributed by atoms with Crippen LogP contribution in [0.5, 0.6) is 0 Å². The van der Waals surface area contributed by atoms with E-state index in [9.17, 15) is 8.42 Å². The highest BCUT2D eigenvalue weighted by molar-refractivity contribution is 7.91. The Bertz CT molecular complexity index is 687. The van der Waals surface area contributed by atoms with Gasteiger partial charge in [-0.3, -0.25) is 4.99 Å². The number of sulfone groups is 1. The first-order chi connectivity index (χ1) is 9.84. The zero-order valence-electron chi connectivity index (χ0n) is 11.8. The lowest BCUT2D eigenvalue weighted by Crippen LogP contribution is -2.58. The van der Waals surface area contributed by atoms with Gasteiger partial charge in [0.15, 0.2) is 15.8 Å². The van der Waals surface area contributed by atoms with Crippen LogP contribution in [-0.4, -0.2) is 38.0 Å². The number of hydrogen-bond acceptors (Lipinski definition) is 5. The SMILES string of the molecule is CS(=O)(=O)C1CCCC12CN=C(N)N2c1ccc(Cl)cc1. The third-order valence-electron chi connectivity index (χ3n) is 4.47. The molecule has 7 heteroatoms. The van der Waals surface area contributed by atoms with Crippen molar-refractivity contribution in [3.63, 3.8) is 0 Å². The molecule has 2 N–H and O–H groups in total. The summed E-state index contributed by atoms with van der Waals surface area (Å²) in [6.07, 6.45) is 3.60. The van der Waals surface area contributed by atoms with Gasteiger partial charge in [0.05, 0.1) is 17.3 Å². The Morgan fingerprint density at radius 1 is 1.38 bits per heavy atom. The molecular weight excluding hydrogens is 310 g/mol. The molecule has 2 aliphatic rings. The van der Waals surface area contributed by atoms with Crippen molar-refractivity contribution in [2.24, 2.45) is 10.7 Å². The molecule has 2 unspecified atom stereocenters. The second-order valence-electron chi connectivity index (χ2n) is 5.80. The van der Waals surface area contributed by atoms with E-state index < -0.39 is 20.6 Å². The predicted octanol–water partition coefficient (Wildman–Crippen LogP) is 1.81. The largest absolute Gasteiger partial charge is 0.369 e. The van der Waals surface area contributed by atoms with Gasteiger partial charge in [-0.25, -0.2) is 8.42 Å². The molecule has 1 aromatic rings. The summed E-state index contributed by atoms with van der Waals surface area (Å²) in [5.74, 6) is 0.382. The second kappa shape index (κ2) is 4.88. The first kappa shape index (κ1) is 14.7. The average Bonchev–Trinajstić information content (AvgIpc) is 2.97. The number of hydrogen-bond donors (Lipinski definition) is 1. The van der Waals surface area contributed by atoms with Crippen molar-refractivity contribution >= 4 is 33.1 Å². The fourth-order valence-corrected chi connectivity index (χ4v) is 5.46. The summed E-state index contributed by atoms with van der Waals surface area (Å²) < 4.78 is 24.4. The summed E-state index contributed by atoms with van der Waals surface area (Å²) in [7, 11) is -3.16. The molecule has 1 aromatic carbocycles. The van der Waals surface area contributed by atoms with Crippen LogP contribution in [0.25, 0.3) is 0 Å². The van der Waals surface area contributed by atoms with Crippen molar-refractivity contribution in [3.8, 4) is 0 Å². The van der Waals surface area contributed by atoms with E-state index >= 15 is 0 Å². The molecule has 0 saturated heterocycles. The average molecular weight is 328 g/mol. The maximum atomic E-state index is 12.2. The Hall–Kier alpha value is -1.27. The molecule has 1 spiro atoms. The number of guanidine groups is 1. The summed E-state index contributed by atoms with van der Waals surface area (Å²) in [6.45, 7) is 0.430. The molecule has 0 amide bonds. The molecule has 0 aromatic heterocycles. The third-order valence-corrected chi connectivity index (χ3v) is 6.43. The number of nitrogens with two attached hydrogens (primary N) is 1. The first-order valence-corrected chi connectivity index (χ1v) is 9.22. The van der Waals surface area contributed by atoms with E-state index in [1.807, 2.05) is 17.0 Å². The standard InChI is InChI=1S/C14H18ClN3O2S/c1-21(19,20)12-3-2-8-14(12)9-17-13(16)18(14)11-6-4-10(15)5-7-11/h4-7,12H,2-3,8-9H2,1H3,(H2,16,17). The zero-order chi connectivity index (χ0) is 15.3. The highest BCUT2D eigenvalue weighted by Crippen LogP contribution is 2.44. The van der Waals surface area contributed by atoms with E-state index in [1.54, 1.807) is 12.1 Å². The van der Waals surface area contributed by atoms with Crippen molar-refractivity contribution in [2.75, 3.05) is 17.7 Å². The first-order valence-electron chi connectivity index (χ1n) is 6.89. The van der Waals surface area contributed by atoms with Gasteiger partial charge in [0, 0.05) is 17.0 Å². The van der Waals surface area contributed by atoms with Gasteiger partial charge in [0.1, 0.15) is 0 Å². The van der Waals surface area contributed by atoms with Gasteiger partial charge in [-0.2, -0.15) is 0 Å². The van der Waals surface area contributed by atoms with Gasteiger partial charge in [0.2, 0.25) is 0 Å². The van der Waals surface area contributed by atoms with Crippen LogP contribution in [0, 0.1) is 0 Å². The van der Waals surface area contributed by atoms with Crippen LogP contribution in [0.1, 0.15) is 19.3 Å². The molecule has 114 valence electrons. The van der Waals surface area contributed by atoms with Crippen molar-refractivity contribution in [1.82, 2.24) is 0 Å². The smallest absolute Gasteiger partial charge is 0.196 e. The molecule has 5 nitrogen and oxygen atoms in total. The summed E-state index contributed by atoms with van der Waals surface area (Å²) >= 11 is 5.93. The fraction of sp³-hybridized carbons (Fsp3) is 0.500. The number of rotatable bonds is 2. The number of halogens is 1. The van der Waals surface area contributed by atoms with Gasteiger partial charge in [-0.1, -0.05) is 11.6 Å². The number of anilines is 1. The monoisotopic (exact) mass is 327 g/mol. The Labute approximate surface area is 129 Å². The Balaban J connectivity index is 2.08. The van der Waals surface area contributed by atoms with Gasteiger partial charge in [0.25, 0.3) is 0 Å². The highest BCUT2D eigenvalue weighted by atomic mass is 35.5. The van der Waals surface area contributed by atoms with E-state index in [0.29, 0.717) is 23.9 Å². The van der Waals surface area contributed by atoms with Crippen LogP contribution >= 0.6 is 11.6 Å². The van der Waals surface area contributed by atoms with Crippen LogP contribution in [0.3, 0.4) is 0 Å². The number of benzene rings is 1. The summed E-state index contributed by atoms with van der Waals surface area (Å²) in [5.41, 5.74) is 6.35. The molecule has 1 aliphatic heterocycles. The van der Waals surface area contributed by atoms with Crippen molar-refractivity contribution in [3.05, 3.63) is 29.3 Å². The van der Waals surface area contributed by atoms with Crippen LogP contribution in [0.15, 0.2) is 29.3 Å². The maximum absolute atomic E-state index is 12.2. The van der Waals surface area contributed by atoms with Gasteiger partial charge in [-0.05, 0) is 43.5 Å². The van der Waals surface area contributed by atoms with E-state index in [-0.39, 0.29) is 0 Å². The Kier molecular flexibility index (Phi) is 3.41. The van der Waals surface area contributed by atoms with Crippen molar-refractivity contribution < 1.29 is 8.42 Å². The minimum absolute atomic E-state index is 0.382. The number of aliphatic imine (C=N–C) groups is 1. The summed E-state index contributed by atoms with van der Waals surface area (Å²) in [6, 6.07) is 7.27. The Morgan fingerprint density at radius 2 is 2.05 bits per heavy atom. The minimum atomic E-state index is -3.16. The van der Waals surface area contributed by atoms with Crippen LogP contribution < -0.4 is 10.6 Å². The van der Waals surface area contributed by atoms with Crippen molar-refractivity contribution in [2.45, 2.75) is 30.1 Å². The predicted molar refractivity (Wildman–Crippen MR) is 85.6 cm³/mol. The lowest BCUT2D eigenvalue weighted by molar-refractivity contribution is 0.462. The normalized spacial score (nSPS) is 29.1. The molecule has 3 rings (SSSR count). The molecular formula is C14H18ClN3O2S. The van der Waals surface area contributed by atoms with Crippen LogP contribution in [0.2, 0.25) is 5.02 Å². The summed E-state index contributed by atoms with van der Waals surface area (Å²) in [5, 5.41) is 0.194. The lowest BCUT2D eigenvalue weighted by Gasteiger charge is -2.40. The molecule has 1 fully saturated rings. The molecule has 1 heterocycles. The molecule has 21 heavy (non-hydrogen) atoms. The highest BCUT2D eigenvalue weighted by Gasteiger charge is 2.55. The summed E-state index contributed by atoms with van der Waals surface area (Å²) in [4.78, 5) is 6.23. The molecule has 0 bridgehead atoms. The van der Waals surface area contributed by atoms with Gasteiger partial charge in [-0.15, -0.1) is 0 Å². The second-order valence-corrected chi connectivity index (χ2v) is 8.46. The molecule has 1 saturated carbocycles. The quantitative estimate of drug-likeness (QED) is 0.898. The molecule has 1 aliphatic carbocycles. The topological polar surface area (TPSA) is 75.8 Å². The van der Waals surface area contributed by atoms with Gasteiger partial charge >= 0.3 is 0 Å². The van der Waals surface area contributed by atoms with Crippen LogP contribution in [0.4, 0.5) is 5.69 Å². The maximum Gasteiger partial charge on any atom is 0.196 e. The minimum Gasteiger partial charge on any atom is -0.369 e. The lowest BCUT2D eigenvalue weighted by atomic mass is 9.95. The van der Waals surface area contributed by atoms with E-state index in [0.717, 1.165) is 18.5 Å².